The van der Waals surface area contributed by atoms with Crippen LogP contribution in [0.3, 0.4) is 0 Å². The third-order valence-corrected chi connectivity index (χ3v) is 6.16. The van der Waals surface area contributed by atoms with E-state index in [0.717, 1.165) is 61.3 Å². The molecule has 0 amide bonds. The van der Waals surface area contributed by atoms with Gasteiger partial charge in [-0.15, -0.1) is 0 Å². The van der Waals surface area contributed by atoms with E-state index >= 15 is 0 Å². The van der Waals surface area contributed by atoms with Gasteiger partial charge < -0.3 is 20.6 Å². The first-order valence-electron chi connectivity index (χ1n) is 9.04. The summed E-state index contributed by atoms with van der Waals surface area (Å²) in [7, 11) is 1.79. The number of thioether (sulfide) groups is 1. The molecule has 138 valence electrons. The van der Waals surface area contributed by atoms with Crippen molar-refractivity contribution in [2.45, 2.75) is 37.8 Å². The van der Waals surface area contributed by atoms with Crippen LogP contribution in [-0.2, 0) is 0 Å². The molecule has 0 bridgehead atoms. The Balaban J connectivity index is 1.46. The molecule has 1 aromatic heterocycles. The Bertz CT molecular complexity index is 595. The fraction of sp³-hybridized carbons (Fsp3) is 0.667. The van der Waals surface area contributed by atoms with Crippen LogP contribution >= 0.6 is 11.8 Å². The zero-order valence-corrected chi connectivity index (χ0v) is 16.0. The highest BCUT2D eigenvalue weighted by atomic mass is 32.2. The first-order chi connectivity index (χ1) is 12.1. The molecule has 6 nitrogen and oxygen atoms in total. The Morgan fingerprint density at radius 1 is 1.44 bits per heavy atom. The zero-order chi connectivity index (χ0) is 17.7. The predicted octanol–water partition coefficient (Wildman–Crippen LogP) is 1.39. The Hall–Kier alpha value is -1.47. The topological polar surface area (TPSA) is 72.8 Å². The maximum absolute atomic E-state index is 10.4. The van der Waals surface area contributed by atoms with Crippen molar-refractivity contribution in [3.05, 3.63) is 23.9 Å². The zero-order valence-electron chi connectivity index (χ0n) is 15.2. The SMILES string of the molecule is CN=C(NCC1(O)CCSC1)NC1CCN(c2cccc(C)n2)CC1. The molecule has 2 fully saturated rings. The van der Waals surface area contributed by atoms with Crippen LogP contribution in [-0.4, -0.2) is 65.9 Å². The number of guanidine groups is 1. The van der Waals surface area contributed by atoms with E-state index < -0.39 is 5.60 Å². The standard InChI is InChI=1S/C18H29N5OS/c1-14-4-3-5-16(21-14)23-9-6-15(7-10-23)22-17(19-2)20-12-18(24)8-11-25-13-18/h3-5,15,24H,6-13H2,1-2H3,(H2,19,20,22). The Labute approximate surface area is 154 Å². The number of hydrogen-bond acceptors (Lipinski definition) is 5. The second-order valence-electron chi connectivity index (χ2n) is 7.00. The molecule has 3 N–H and O–H groups in total. The van der Waals surface area contributed by atoms with Crippen molar-refractivity contribution >= 4 is 23.5 Å². The van der Waals surface area contributed by atoms with Crippen LogP contribution in [0.5, 0.6) is 0 Å². The largest absolute Gasteiger partial charge is 0.387 e. The van der Waals surface area contributed by atoms with E-state index in [1.165, 1.54) is 0 Å². The Morgan fingerprint density at radius 3 is 2.88 bits per heavy atom. The van der Waals surface area contributed by atoms with Crippen molar-refractivity contribution < 1.29 is 5.11 Å². The molecule has 0 aliphatic carbocycles. The summed E-state index contributed by atoms with van der Waals surface area (Å²) >= 11 is 1.81. The van der Waals surface area contributed by atoms with Gasteiger partial charge in [0, 0.05) is 44.2 Å². The lowest BCUT2D eigenvalue weighted by molar-refractivity contribution is 0.0723. The van der Waals surface area contributed by atoms with Gasteiger partial charge in [-0.1, -0.05) is 6.07 Å². The smallest absolute Gasteiger partial charge is 0.191 e. The average Bonchev–Trinajstić information content (AvgIpc) is 3.06. The first kappa shape index (κ1) is 18.3. The molecule has 0 aromatic carbocycles. The summed E-state index contributed by atoms with van der Waals surface area (Å²) in [5, 5.41) is 17.2. The van der Waals surface area contributed by atoms with Crippen LogP contribution in [0.4, 0.5) is 5.82 Å². The first-order valence-corrected chi connectivity index (χ1v) is 10.2. The van der Waals surface area contributed by atoms with Crippen LogP contribution < -0.4 is 15.5 Å². The van der Waals surface area contributed by atoms with Gasteiger partial charge in [-0.05, 0) is 44.1 Å². The molecule has 7 heteroatoms. The second-order valence-corrected chi connectivity index (χ2v) is 8.10. The van der Waals surface area contributed by atoms with Crippen LogP contribution in [0.2, 0.25) is 0 Å². The van der Waals surface area contributed by atoms with Crippen molar-refractivity contribution in [1.29, 1.82) is 0 Å². The Morgan fingerprint density at radius 2 is 2.24 bits per heavy atom. The van der Waals surface area contributed by atoms with E-state index in [0.29, 0.717) is 12.6 Å². The molecule has 3 rings (SSSR count). The third kappa shape index (κ3) is 5.01. The number of rotatable bonds is 4. The molecule has 1 atom stereocenters. The van der Waals surface area contributed by atoms with Gasteiger partial charge in [0.05, 0.1) is 5.60 Å². The van der Waals surface area contributed by atoms with Gasteiger partial charge in [-0.3, -0.25) is 4.99 Å². The molecule has 0 radical (unpaired) electrons. The lowest BCUT2D eigenvalue weighted by Crippen LogP contribution is -2.52. The molecule has 2 aliphatic rings. The van der Waals surface area contributed by atoms with Gasteiger partial charge >= 0.3 is 0 Å². The maximum atomic E-state index is 10.4. The molecule has 3 heterocycles. The highest BCUT2D eigenvalue weighted by molar-refractivity contribution is 7.99. The number of nitrogens with one attached hydrogen (secondary N) is 2. The van der Waals surface area contributed by atoms with E-state index in [4.69, 9.17) is 0 Å². The summed E-state index contributed by atoms with van der Waals surface area (Å²) < 4.78 is 0. The van der Waals surface area contributed by atoms with Crippen molar-refractivity contribution in [3.63, 3.8) is 0 Å². The number of aliphatic hydroxyl groups is 1. The van der Waals surface area contributed by atoms with E-state index in [1.807, 2.05) is 24.8 Å². The van der Waals surface area contributed by atoms with Crippen molar-refractivity contribution in [3.8, 4) is 0 Å². The van der Waals surface area contributed by atoms with Crippen molar-refractivity contribution in [1.82, 2.24) is 15.6 Å². The number of hydrogen-bond donors (Lipinski definition) is 3. The van der Waals surface area contributed by atoms with Gasteiger partial charge in [0.2, 0.25) is 0 Å². The highest BCUT2D eigenvalue weighted by Gasteiger charge is 2.32. The minimum Gasteiger partial charge on any atom is -0.387 e. The number of aryl methyl sites for hydroxylation is 1. The van der Waals surface area contributed by atoms with Crippen LogP contribution in [0.15, 0.2) is 23.2 Å². The van der Waals surface area contributed by atoms with Crippen LogP contribution in [0.25, 0.3) is 0 Å². The molecule has 25 heavy (non-hydrogen) atoms. The number of nitrogens with zero attached hydrogens (tertiary/aromatic N) is 3. The average molecular weight is 364 g/mol. The van der Waals surface area contributed by atoms with Gasteiger partial charge in [-0.2, -0.15) is 11.8 Å². The van der Waals surface area contributed by atoms with E-state index in [-0.39, 0.29) is 0 Å². The molecular weight excluding hydrogens is 334 g/mol. The number of anilines is 1. The van der Waals surface area contributed by atoms with Crippen molar-refractivity contribution in [2.24, 2.45) is 4.99 Å². The molecule has 0 spiro atoms. The molecular formula is C18H29N5OS. The summed E-state index contributed by atoms with van der Waals surface area (Å²) in [6.07, 6.45) is 2.95. The minimum absolute atomic E-state index is 0.403. The molecule has 1 unspecified atom stereocenters. The monoisotopic (exact) mass is 363 g/mol. The lowest BCUT2D eigenvalue weighted by Gasteiger charge is -2.34. The van der Waals surface area contributed by atoms with Gasteiger partial charge in [-0.25, -0.2) is 4.98 Å². The van der Waals surface area contributed by atoms with Crippen LogP contribution in [0, 0.1) is 6.92 Å². The predicted molar refractivity (Wildman–Crippen MR) is 106 cm³/mol. The van der Waals surface area contributed by atoms with E-state index in [9.17, 15) is 5.11 Å². The Kier molecular flexibility index (Phi) is 6.06. The number of aromatic nitrogens is 1. The second kappa shape index (κ2) is 8.27. The molecule has 2 saturated heterocycles. The summed E-state index contributed by atoms with van der Waals surface area (Å²) in [4.78, 5) is 11.3. The summed E-state index contributed by atoms with van der Waals surface area (Å²) in [6.45, 7) is 4.58. The molecule has 0 saturated carbocycles. The molecule has 2 aliphatic heterocycles. The summed E-state index contributed by atoms with van der Waals surface area (Å²) in [6, 6.07) is 6.59. The summed E-state index contributed by atoms with van der Waals surface area (Å²) in [5.41, 5.74) is 0.466. The van der Waals surface area contributed by atoms with Crippen LogP contribution in [0.1, 0.15) is 25.0 Å². The van der Waals surface area contributed by atoms with E-state index in [1.54, 1.807) is 7.05 Å². The van der Waals surface area contributed by atoms with E-state index in [2.05, 4.69) is 37.6 Å². The fourth-order valence-electron chi connectivity index (χ4n) is 3.33. The van der Waals surface area contributed by atoms with Gasteiger partial charge in [0.1, 0.15) is 5.82 Å². The lowest BCUT2D eigenvalue weighted by atomic mass is 10.0. The quantitative estimate of drug-likeness (QED) is 0.555. The summed E-state index contributed by atoms with van der Waals surface area (Å²) in [5.74, 6) is 3.70. The van der Waals surface area contributed by atoms with Gasteiger partial charge in [0.15, 0.2) is 5.96 Å². The highest BCUT2D eigenvalue weighted by Crippen LogP contribution is 2.27. The minimum atomic E-state index is -0.595. The maximum Gasteiger partial charge on any atom is 0.191 e. The van der Waals surface area contributed by atoms with Gasteiger partial charge in [0.25, 0.3) is 0 Å². The third-order valence-electron chi connectivity index (χ3n) is 4.92. The van der Waals surface area contributed by atoms with Crippen molar-refractivity contribution in [2.75, 3.05) is 43.1 Å². The normalized spacial score (nSPS) is 25.2. The number of pyridine rings is 1. The number of aliphatic imine (C=N–C) groups is 1. The number of piperidine rings is 1. The fourth-order valence-corrected chi connectivity index (χ4v) is 4.62. The molecule has 1 aromatic rings.